The van der Waals surface area contributed by atoms with Crippen LogP contribution in [0.25, 0.3) is 0 Å². The molecule has 1 aromatic heterocycles. The van der Waals surface area contributed by atoms with Crippen LogP contribution >= 0.6 is 11.3 Å². The number of fused-ring (bicyclic) bond motifs is 1. The molecule has 1 N–H and O–H groups in total. The number of sulfonamides is 1. The van der Waals surface area contributed by atoms with Crippen molar-refractivity contribution in [2.45, 2.75) is 10.6 Å². The Morgan fingerprint density at radius 2 is 2.18 bits per heavy atom. The molecular weight excluding hydrogens is 256 g/mol. The van der Waals surface area contributed by atoms with Gasteiger partial charge >= 0.3 is 0 Å². The van der Waals surface area contributed by atoms with Crippen molar-refractivity contribution in [1.29, 1.82) is 0 Å². The lowest BCUT2D eigenvalue weighted by molar-refractivity contribution is 0.228. The van der Waals surface area contributed by atoms with Crippen LogP contribution in [0.1, 0.15) is 6.42 Å². The van der Waals surface area contributed by atoms with Gasteiger partial charge in [-0.25, -0.2) is 8.42 Å². The minimum atomic E-state index is -3.23. The van der Waals surface area contributed by atoms with Gasteiger partial charge in [0, 0.05) is 13.1 Å². The van der Waals surface area contributed by atoms with Crippen LogP contribution in [0, 0.1) is 11.8 Å². The summed E-state index contributed by atoms with van der Waals surface area (Å²) in [5.74, 6) is 1.17. The predicted molar refractivity (Wildman–Crippen MR) is 67.5 cm³/mol. The summed E-state index contributed by atoms with van der Waals surface area (Å²) in [6.45, 7) is 3.36. The van der Waals surface area contributed by atoms with Gasteiger partial charge in [-0.05, 0) is 42.8 Å². The molecule has 17 heavy (non-hydrogen) atoms. The molecule has 94 valence electrons. The molecule has 2 fully saturated rings. The van der Waals surface area contributed by atoms with E-state index >= 15 is 0 Å². The number of hydrogen-bond acceptors (Lipinski definition) is 4. The SMILES string of the molecule is O=S(=O)(c1cccs1)N1CCC2CNCC2C1. The van der Waals surface area contributed by atoms with Gasteiger partial charge in [0.2, 0.25) is 0 Å². The molecule has 3 heterocycles. The van der Waals surface area contributed by atoms with Crippen LogP contribution in [0.4, 0.5) is 0 Å². The molecule has 2 atom stereocenters. The number of nitrogens with zero attached hydrogens (tertiary/aromatic N) is 1. The second kappa shape index (κ2) is 4.35. The fraction of sp³-hybridized carbons (Fsp3) is 0.636. The van der Waals surface area contributed by atoms with Gasteiger partial charge in [-0.3, -0.25) is 0 Å². The van der Waals surface area contributed by atoms with Gasteiger partial charge in [0.15, 0.2) is 0 Å². The number of piperidine rings is 1. The molecule has 6 heteroatoms. The summed E-state index contributed by atoms with van der Waals surface area (Å²) in [6, 6.07) is 3.49. The second-order valence-electron chi connectivity index (χ2n) is 4.76. The maximum Gasteiger partial charge on any atom is 0.252 e. The van der Waals surface area contributed by atoms with Crippen LogP contribution in [0.15, 0.2) is 21.7 Å². The quantitative estimate of drug-likeness (QED) is 0.873. The van der Waals surface area contributed by atoms with E-state index in [0.717, 1.165) is 19.5 Å². The van der Waals surface area contributed by atoms with Crippen LogP contribution < -0.4 is 5.32 Å². The predicted octanol–water partition coefficient (Wildman–Crippen LogP) is 0.978. The summed E-state index contributed by atoms with van der Waals surface area (Å²) in [5, 5.41) is 5.17. The average Bonchev–Trinajstić information content (AvgIpc) is 2.99. The molecule has 0 bridgehead atoms. The first kappa shape index (κ1) is 11.6. The van der Waals surface area contributed by atoms with Crippen molar-refractivity contribution < 1.29 is 8.42 Å². The Morgan fingerprint density at radius 3 is 2.94 bits per heavy atom. The van der Waals surface area contributed by atoms with Gasteiger partial charge in [0.05, 0.1) is 0 Å². The lowest BCUT2D eigenvalue weighted by Gasteiger charge is -2.33. The number of nitrogens with one attached hydrogen (secondary N) is 1. The van der Waals surface area contributed by atoms with E-state index < -0.39 is 10.0 Å². The number of thiophene rings is 1. The first-order valence-electron chi connectivity index (χ1n) is 5.92. The average molecular weight is 272 g/mol. The van der Waals surface area contributed by atoms with Gasteiger partial charge in [-0.2, -0.15) is 4.31 Å². The molecule has 2 saturated heterocycles. The van der Waals surface area contributed by atoms with Gasteiger partial charge < -0.3 is 5.32 Å². The fourth-order valence-electron chi connectivity index (χ4n) is 2.76. The van der Waals surface area contributed by atoms with Crippen LogP contribution in [-0.2, 0) is 10.0 Å². The zero-order chi connectivity index (χ0) is 11.9. The van der Waals surface area contributed by atoms with E-state index in [1.165, 1.54) is 11.3 Å². The van der Waals surface area contributed by atoms with Gasteiger partial charge in [0.25, 0.3) is 10.0 Å². The Kier molecular flexibility index (Phi) is 2.98. The van der Waals surface area contributed by atoms with E-state index in [-0.39, 0.29) is 0 Å². The lowest BCUT2D eigenvalue weighted by Crippen LogP contribution is -2.43. The van der Waals surface area contributed by atoms with Crippen LogP contribution in [-0.4, -0.2) is 38.9 Å². The fourth-order valence-corrected chi connectivity index (χ4v) is 5.41. The van der Waals surface area contributed by atoms with Crippen LogP contribution in [0.2, 0.25) is 0 Å². The second-order valence-corrected chi connectivity index (χ2v) is 7.87. The molecule has 0 radical (unpaired) electrons. The summed E-state index contributed by atoms with van der Waals surface area (Å²) in [6.07, 6.45) is 0.988. The number of hydrogen-bond donors (Lipinski definition) is 1. The molecular formula is C11H16N2O2S2. The highest BCUT2D eigenvalue weighted by molar-refractivity contribution is 7.91. The van der Waals surface area contributed by atoms with Crippen molar-refractivity contribution in [2.75, 3.05) is 26.2 Å². The van der Waals surface area contributed by atoms with E-state index in [0.29, 0.717) is 29.1 Å². The maximum absolute atomic E-state index is 12.4. The van der Waals surface area contributed by atoms with Crippen LogP contribution in [0.3, 0.4) is 0 Å². The van der Waals surface area contributed by atoms with E-state index in [4.69, 9.17) is 0 Å². The smallest absolute Gasteiger partial charge is 0.252 e. The molecule has 0 aromatic carbocycles. The topological polar surface area (TPSA) is 49.4 Å². The molecule has 2 aliphatic rings. The zero-order valence-corrected chi connectivity index (χ0v) is 11.1. The van der Waals surface area contributed by atoms with E-state index in [1.807, 2.05) is 5.38 Å². The lowest BCUT2D eigenvalue weighted by atomic mass is 9.90. The molecule has 1 aromatic rings. The van der Waals surface area contributed by atoms with Gasteiger partial charge in [-0.15, -0.1) is 11.3 Å². The highest BCUT2D eigenvalue weighted by Crippen LogP contribution is 2.31. The Hall–Kier alpha value is -0.430. The summed E-state index contributed by atoms with van der Waals surface area (Å²) in [5.41, 5.74) is 0. The summed E-state index contributed by atoms with van der Waals surface area (Å²) in [7, 11) is -3.23. The van der Waals surface area contributed by atoms with Crippen molar-refractivity contribution in [2.24, 2.45) is 11.8 Å². The third-order valence-corrected chi connectivity index (χ3v) is 6.99. The van der Waals surface area contributed by atoms with E-state index in [2.05, 4.69) is 5.32 Å². The Balaban J connectivity index is 1.81. The van der Waals surface area contributed by atoms with Crippen molar-refractivity contribution >= 4 is 21.4 Å². The molecule has 0 aliphatic carbocycles. The molecule has 3 rings (SSSR count). The zero-order valence-electron chi connectivity index (χ0n) is 9.50. The molecule has 0 amide bonds. The summed E-state index contributed by atoms with van der Waals surface area (Å²) in [4.78, 5) is 0. The third-order valence-electron chi connectivity index (χ3n) is 3.76. The Morgan fingerprint density at radius 1 is 1.35 bits per heavy atom. The third kappa shape index (κ3) is 2.03. The van der Waals surface area contributed by atoms with Crippen molar-refractivity contribution in [3.63, 3.8) is 0 Å². The van der Waals surface area contributed by atoms with Gasteiger partial charge in [-0.1, -0.05) is 6.07 Å². The van der Waals surface area contributed by atoms with Crippen LogP contribution in [0.5, 0.6) is 0 Å². The summed E-state index contributed by atoms with van der Waals surface area (Å²) < 4.78 is 26.8. The Labute approximate surface area is 106 Å². The van der Waals surface area contributed by atoms with Crippen molar-refractivity contribution in [1.82, 2.24) is 9.62 Å². The minimum Gasteiger partial charge on any atom is -0.316 e. The maximum atomic E-state index is 12.4. The molecule has 2 unspecified atom stereocenters. The Bertz CT molecular complexity index is 484. The first-order chi connectivity index (χ1) is 8.18. The largest absolute Gasteiger partial charge is 0.316 e. The standard InChI is InChI=1S/C11H16N2O2S2/c14-17(15,11-2-1-5-16-11)13-4-3-9-6-12-7-10(9)8-13/h1-2,5,9-10,12H,3-4,6-8H2. The molecule has 0 spiro atoms. The summed E-state index contributed by atoms with van der Waals surface area (Å²) >= 11 is 1.30. The van der Waals surface area contributed by atoms with E-state index in [9.17, 15) is 8.42 Å². The monoisotopic (exact) mass is 272 g/mol. The van der Waals surface area contributed by atoms with Gasteiger partial charge in [0.1, 0.15) is 4.21 Å². The highest BCUT2D eigenvalue weighted by Gasteiger charge is 2.37. The minimum absolute atomic E-state index is 0.474. The van der Waals surface area contributed by atoms with Crippen molar-refractivity contribution in [3.8, 4) is 0 Å². The first-order valence-corrected chi connectivity index (χ1v) is 8.24. The molecule has 4 nitrogen and oxygen atoms in total. The molecule has 2 aliphatic heterocycles. The molecule has 0 saturated carbocycles. The van der Waals surface area contributed by atoms with Crippen molar-refractivity contribution in [3.05, 3.63) is 17.5 Å². The van der Waals surface area contributed by atoms with E-state index in [1.54, 1.807) is 16.4 Å². The highest BCUT2D eigenvalue weighted by atomic mass is 32.2. The normalized spacial score (nSPS) is 30.4. The number of rotatable bonds is 2.